The third kappa shape index (κ3) is 2.48. The van der Waals surface area contributed by atoms with Crippen LogP contribution in [0.3, 0.4) is 0 Å². The molecule has 0 aliphatic heterocycles. The molecule has 0 radical (unpaired) electrons. The summed E-state index contributed by atoms with van der Waals surface area (Å²) < 4.78 is 6.10. The molecule has 5 nitrogen and oxygen atoms in total. The molecule has 0 spiro atoms. The molecule has 7 heteroatoms. The molecule has 2 N–H and O–H groups in total. The second kappa shape index (κ2) is 5.15. The number of ether oxygens (including phenoxy) is 1. The molecule has 3 rings (SSSR count). The number of thiazole rings is 1. The van der Waals surface area contributed by atoms with Gasteiger partial charge in [0.1, 0.15) is 11.4 Å². The number of nitrogens with one attached hydrogen (secondary N) is 2. The fourth-order valence-electron chi connectivity index (χ4n) is 1.75. The van der Waals surface area contributed by atoms with Gasteiger partial charge in [-0.15, -0.1) is 0 Å². The number of amides is 1. The zero-order valence-electron chi connectivity index (χ0n) is 10.4. The zero-order valence-corrected chi connectivity index (χ0v) is 12.0. The highest BCUT2D eigenvalue weighted by Crippen LogP contribution is 2.29. The topological polar surface area (TPSA) is 67.0 Å². The van der Waals surface area contributed by atoms with E-state index in [0.717, 1.165) is 16.0 Å². The summed E-state index contributed by atoms with van der Waals surface area (Å²) in [6.07, 6.45) is 1.56. The number of methoxy groups -OCH3 is 1. The standard InChI is InChI=1S/C13H10ClN3O2S/c1-19-8-2-3-9-11(5-8)20-13(16-9)17-12(18)10-4-7(14)6-15-10/h2-6,15H,1H3,(H,16,17,18). The number of hydrogen-bond donors (Lipinski definition) is 2. The summed E-state index contributed by atoms with van der Waals surface area (Å²) in [5.74, 6) is 0.484. The van der Waals surface area contributed by atoms with Crippen LogP contribution < -0.4 is 10.1 Å². The van der Waals surface area contributed by atoms with Crippen LogP contribution >= 0.6 is 22.9 Å². The van der Waals surface area contributed by atoms with E-state index in [1.54, 1.807) is 19.4 Å². The molecule has 0 aliphatic rings. The molecule has 0 saturated heterocycles. The van der Waals surface area contributed by atoms with Gasteiger partial charge in [0.05, 0.1) is 22.3 Å². The van der Waals surface area contributed by atoms with Gasteiger partial charge in [0.15, 0.2) is 5.13 Å². The second-order valence-corrected chi connectivity index (χ2v) is 5.51. The molecule has 1 amide bonds. The number of hydrogen-bond acceptors (Lipinski definition) is 4. The van der Waals surface area contributed by atoms with E-state index in [2.05, 4.69) is 15.3 Å². The lowest BCUT2D eigenvalue weighted by Gasteiger charge is -1.97. The van der Waals surface area contributed by atoms with Crippen molar-refractivity contribution in [3.05, 3.63) is 41.2 Å². The monoisotopic (exact) mass is 307 g/mol. The van der Waals surface area contributed by atoms with Crippen LogP contribution in [0.25, 0.3) is 10.2 Å². The van der Waals surface area contributed by atoms with Crippen LogP contribution in [0.1, 0.15) is 10.5 Å². The first-order valence-electron chi connectivity index (χ1n) is 5.75. The zero-order chi connectivity index (χ0) is 14.1. The lowest BCUT2D eigenvalue weighted by molar-refractivity contribution is 0.102. The molecule has 20 heavy (non-hydrogen) atoms. The van der Waals surface area contributed by atoms with E-state index in [9.17, 15) is 4.79 Å². The van der Waals surface area contributed by atoms with Gasteiger partial charge in [-0.25, -0.2) is 4.98 Å². The van der Waals surface area contributed by atoms with Crippen LogP contribution in [0.2, 0.25) is 5.02 Å². The van der Waals surface area contributed by atoms with Crippen molar-refractivity contribution in [3.63, 3.8) is 0 Å². The largest absolute Gasteiger partial charge is 0.497 e. The molecule has 0 saturated carbocycles. The van der Waals surface area contributed by atoms with Crippen molar-refractivity contribution in [3.8, 4) is 5.75 Å². The minimum absolute atomic E-state index is 0.275. The molecule has 1 aromatic carbocycles. The van der Waals surface area contributed by atoms with Crippen molar-refractivity contribution in [1.29, 1.82) is 0 Å². The molecule has 102 valence electrons. The number of carbonyl (C=O) groups is 1. The lowest BCUT2D eigenvalue weighted by atomic mass is 10.3. The van der Waals surface area contributed by atoms with Gasteiger partial charge in [-0.2, -0.15) is 0 Å². The number of halogens is 1. The molecule has 0 fully saturated rings. The van der Waals surface area contributed by atoms with E-state index in [4.69, 9.17) is 16.3 Å². The Labute approximate surface area is 123 Å². The number of rotatable bonds is 3. The van der Waals surface area contributed by atoms with Crippen molar-refractivity contribution < 1.29 is 9.53 Å². The lowest BCUT2D eigenvalue weighted by Crippen LogP contribution is -2.11. The Kier molecular flexibility index (Phi) is 3.33. The van der Waals surface area contributed by atoms with E-state index in [0.29, 0.717) is 15.8 Å². The summed E-state index contributed by atoms with van der Waals surface area (Å²) in [5.41, 5.74) is 1.21. The molecule has 0 aliphatic carbocycles. The van der Waals surface area contributed by atoms with Crippen molar-refractivity contribution in [2.75, 3.05) is 12.4 Å². The van der Waals surface area contributed by atoms with Gasteiger partial charge < -0.3 is 9.72 Å². The smallest absolute Gasteiger partial charge is 0.273 e. The summed E-state index contributed by atoms with van der Waals surface area (Å²) in [6, 6.07) is 7.13. The van der Waals surface area contributed by atoms with Gasteiger partial charge >= 0.3 is 0 Å². The molecule has 2 heterocycles. The minimum atomic E-state index is -0.275. The molecule has 0 atom stereocenters. The Hall–Kier alpha value is -2.05. The highest BCUT2D eigenvalue weighted by molar-refractivity contribution is 7.22. The summed E-state index contributed by atoms with van der Waals surface area (Å²) in [6.45, 7) is 0. The van der Waals surface area contributed by atoms with Crippen molar-refractivity contribution in [2.24, 2.45) is 0 Å². The third-order valence-corrected chi connectivity index (χ3v) is 3.86. The highest BCUT2D eigenvalue weighted by Gasteiger charge is 2.11. The summed E-state index contributed by atoms with van der Waals surface area (Å²) >= 11 is 7.15. The third-order valence-electron chi connectivity index (χ3n) is 2.71. The first-order valence-corrected chi connectivity index (χ1v) is 6.95. The number of carbonyl (C=O) groups excluding carboxylic acids is 1. The van der Waals surface area contributed by atoms with Gasteiger partial charge in [-0.1, -0.05) is 22.9 Å². The summed E-state index contributed by atoms with van der Waals surface area (Å²) in [4.78, 5) is 19.1. The normalized spacial score (nSPS) is 10.7. The van der Waals surface area contributed by atoms with E-state index in [1.807, 2.05) is 18.2 Å². The van der Waals surface area contributed by atoms with Gasteiger partial charge in [0.2, 0.25) is 0 Å². The van der Waals surface area contributed by atoms with Crippen molar-refractivity contribution >= 4 is 44.2 Å². The Morgan fingerprint density at radius 1 is 1.45 bits per heavy atom. The molecule has 0 unspecified atom stereocenters. The molecule has 3 aromatic rings. The van der Waals surface area contributed by atoms with Gasteiger partial charge in [0.25, 0.3) is 5.91 Å². The van der Waals surface area contributed by atoms with Crippen LogP contribution in [-0.2, 0) is 0 Å². The SMILES string of the molecule is COc1ccc2nc(NC(=O)c3cc(Cl)c[nH]3)sc2c1. The number of anilines is 1. The average molecular weight is 308 g/mol. The average Bonchev–Trinajstić information content (AvgIpc) is 3.03. The molecular formula is C13H10ClN3O2S. The fraction of sp³-hybridized carbons (Fsp3) is 0.0769. The predicted octanol–water partition coefficient (Wildman–Crippen LogP) is 3.54. The van der Waals surface area contributed by atoms with Gasteiger partial charge in [-0.05, 0) is 24.3 Å². The summed E-state index contributed by atoms with van der Waals surface area (Å²) in [5, 5.41) is 3.76. The quantitative estimate of drug-likeness (QED) is 0.777. The Morgan fingerprint density at radius 3 is 3.00 bits per heavy atom. The van der Waals surface area contributed by atoms with Crippen molar-refractivity contribution in [2.45, 2.75) is 0 Å². The van der Waals surface area contributed by atoms with Crippen LogP contribution in [0.15, 0.2) is 30.5 Å². The maximum absolute atomic E-state index is 12.0. The first kappa shape index (κ1) is 13.0. The first-order chi connectivity index (χ1) is 9.65. The Bertz CT molecular complexity index is 781. The maximum Gasteiger partial charge on any atom is 0.273 e. The number of H-pyrrole nitrogens is 1. The second-order valence-electron chi connectivity index (χ2n) is 4.04. The van der Waals surface area contributed by atoms with Crippen LogP contribution in [0, 0.1) is 0 Å². The summed E-state index contributed by atoms with van der Waals surface area (Å²) in [7, 11) is 1.61. The minimum Gasteiger partial charge on any atom is -0.497 e. The molecular weight excluding hydrogens is 298 g/mol. The Balaban J connectivity index is 1.85. The fourth-order valence-corrected chi connectivity index (χ4v) is 2.80. The molecule has 2 aromatic heterocycles. The van der Waals surface area contributed by atoms with Crippen LogP contribution in [0.4, 0.5) is 5.13 Å². The number of aromatic nitrogens is 2. The van der Waals surface area contributed by atoms with E-state index in [-0.39, 0.29) is 5.91 Å². The van der Waals surface area contributed by atoms with Gasteiger partial charge in [0, 0.05) is 6.20 Å². The van der Waals surface area contributed by atoms with E-state index < -0.39 is 0 Å². The molecule has 0 bridgehead atoms. The number of nitrogens with zero attached hydrogens (tertiary/aromatic N) is 1. The Morgan fingerprint density at radius 2 is 2.30 bits per heavy atom. The van der Waals surface area contributed by atoms with Crippen LogP contribution in [0.5, 0.6) is 5.75 Å². The van der Waals surface area contributed by atoms with Gasteiger partial charge in [-0.3, -0.25) is 10.1 Å². The van der Waals surface area contributed by atoms with E-state index >= 15 is 0 Å². The van der Waals surface area contributed by atoms with Crippen molar-refractivity contribution in [1.82, 2.24) is 9.97 Å². The number of aromatic amines is 1. The van der Waals surface area contributed by atoms with Crippen LogP contribution in [-0.4, -0.2) is 23.0 Å². The number of fused-ring (bicyclic) bond motifs is 1. The maximum atomic E-state index is 12.0. The highest BCUT2D eigenvalue weighted by atomic mass is 35.5. The van der Waals surface area contributed by atoms with E-state index in [1.165, 1.54) is 11.3 Å². The predicted molar refractivity (Wildman–Crippen MR) is 79.9 cm³/mol. The number of benzene rings is 1.